The summed E-state index contributed by atoms with van der Waals surface area (Å²) in [4.78, 5) is 9.11. The van der Waals surface area contributed by atoms with E-state index in [2.05, 4.69) is 4.99 Å². The van der Waals surface area contributed by atoms with Crippen molar-refractivity contribution in [2.24, 2.45) is 4.99 Å². The molecule has 2 aromatic rings. The van der Waals surface area contributed by atoms with Crippen LogP contribution in [-0.4, -0.2) is 11.4 Å². The van der Waals surface area contributed by atoms with Crippen LogP contribution in [0, 0.1) is 0 Å². The predicted molar refractivity (Wildman–Crippen MR) is 70.7 cm³/mol. The van der Waals surface area contributed by atoms with Crippen LogP contribution >= 0.6 is 11.6 Å². The van der Waals surface area contributed by atoms with Crippen molar-refractivity contribution in [1.82, 2.24) is 5.64 Å². The molecular weight excluding hydrogens is 252 g/mol. The van der Waals surface area contributed by atoms with Gasteiger partial charge in [-0.1, -0.05) is 35.9 Å². The fourth-order valence-electron chi connectivity index (χ4n) is 1.42. The van der Waals surface area contributed by atoms with Gasteiger partial charge >= 0.3 is 0 Å². The molecule has 4 nitrogen and oxygen atoms in total. The molecule has 0 bridgehead atoms. The largest absolute Gasteiger partial charge is 0.383 e. The third-order valence-corrected chi connectivity index (χ3v) is 2.59. The number of nitrogens with zero attached hydrogens (tertiary/aromatic N) is 1. The third-order valence-electron chi connectivity index (χ3n) is 2.27. The molecule has 2 aromatic carbocycles. The van der Waals surface area contributed by atoms with E-state index in [4.69, 9.17) is 21.6 Å². The lowest BCUT2D eigenvalue weighted by Crippen LogP contribution is -2.13. The summed E-state index contributed by atoms with van der Waals surface area (Å²) in [7, 11) is 0. The van der Waals surface area contributed by atoms with E-state index in [1.54, 1.807) is 30.1 Å². The minimum absolute atomic E-state index is 0.468. The molecule has 0 saturated heterocycles. The molecule has 0 atom stereocenters. The van der Waals surface area contributed by atoms with Crippen molar-refractivity contribution in [2.75, 3.05) is 0 Å². The van der Waals surface area contributed by atoms with Crippen molar-refractivity contribution in [2.45, 2.75) is 0 Å². The van der Waals surface area contributed by atoms with E-state index in [-0.39, 0.29) is 0 Å². The maximum atomic E-state index is 8.54. The highest BCUT2D eigenvalue weighted by Gasteiger charge is 2.00. The number of para-hydroxylation sites is 2. The minimum atomic E-state index is 0.468. The molecule has 0 fully saturated rings. The summed E-state index contributed by atoms with van der Waals surface area (Å²) in [6.45, 7) is 0. The minimum Gasteiger partial charge on any atom is -0.383 e. The van der Waals surface area contributed by atoms with E-state index in [0.29, 0.717) is 16.5 Å². The molecule has 0 unspecified atom stereocenters. The maximum absolute atomic E-state index is 8.54. The highest BCUT2D eigenvalue weighted by molar-refractivity contribution is 6.33. The lowest BCUT2D eigenvalue weighted by Gasteiger charge is -2.04. The Labute approximate surface area is 109 Å². The Hall–Kier alpha value is -1.88. The summed E-state index contributed by atoms with van der Waals surface area (Å²) >= 11 is 5.99. The van der Waals surface area contributed by atoms with Gasteiger partial charge in [0.1, 0.15) is 0 Å². The third kappa shape index (κ3) is 3.07. The zero-order valence-electron chi connectivity index (χ0n) is 9.38. The molecular formula is C13H11ClN2O2. The van der Waals surface area contributed by atoms with Gasteiger partial charge in [0.2, 0.25) is 0 Å². The molecule has 0 aliphatic heterocycles. The number of hydrogen-bond acceptors (Lipinski definition) is 4. The first-order valence-corrected chi connectivity index (χ1v) is 5.62. The Morgan fingerprint density at radius 1 is 1.11 bits per heavy atom. The van der Waals surface area contributed by atoms with E-state index >= 15 is 0 Å². The molecule has 0 aromatic heterocycles. The second-order valence-electron chi connectivity index (χ2n) is 3.44. The SMILES string of the molecule is ONOc1ccccc1/C=N/c1ccccc1Cl. The number of rotatable bonds is 4. The van der Waals surface area contributed by atoms with Crippen LogP contribution in [0.15, 0.2) is 53.5 Å². The lowest BCUT2D eigenvalue weighted by molar-refractivity contribution is -0.0436. The standard InChI is InChI=1S/C13H11ClN2O2/c14-11-6-2-3-7-12(11)15-9-10-5-1-4-8-13(10)18-16-17/h1-9,16-17H/b15-9+. The van der Waals surface area contributed by atoms with Crippen LogP contribution < -0.4 is 10.5 Å². The molecule has 18 heavy (non-hydrogen) atoms. The zero-order chi connectivity index (χ0) is 12.8. The van der Waals surface area contributed by atoms with Crippen molar-refractivity contribution < 1.29 is 10.0 Å². The summed E-state index contributed by atoms with van der Waals surface area (Å²) in [6.07, 6.45) is 1.62. The molecule has 5 heteroatoms. The molecule has 0 amide bonds. The normalized spacial score (nSPS) is 10.8. The van der Waals surface area contributed by atoms with Crippen LogP contribution in [0.1, 0.15) is 5.56 Å². The van der Waals surface area contributed by atoms with Crippen LogP contribution in [0.4, 0.5) is 5.69 Å². The number of halogens is 1. The smallest absolute Gasteiger partial charge is 0.158 e. The number of nitrogens with one attached hydrogen (secondary N) is 1. The molecule has 2 N–H and O–H groups in total. The second kappa shape index (κ2) is 6.16. The Balaban J connectivity index is 2.26. The highest BCUT2D eigenvalue weighted by atomic mass is 35.5. The van der Waals surface area contributed by atoms with Gasteiger partial charge in [0.15, 0.2) is 5.75 Å². The van der Waals surface area contributed by atoms with Crippen LogP contribution in [0.3, 0.4) is 0 Å². The van der Waals surface area contributed by atoms with Gasteiger partial charge in [0.05, 0.1) is 10.7 Å². The Bertz CT molecular complexity index is 558. The van der Waals surface area contributed by atoms with Gasteiger partial charge in [-0.2, -0.15) is 0 Å². The van der Waals surface area contributed by atoms with Crippen LogP contribution in [0.25, 0.3) is 0 Å². The highest BCUT2D eigenvalue weighted by Crippen LogP contribution is 2.24. The molecule has 92 valence electrons. The summed E-state index contributed by atoms with van der Waals surface area (Å²) in [5, 5.41) is 9.11. The topological polar surface area (TPSA) is 53.8 Å². The van der Waals surface area contributed by atoms with Crippen molar-refractivity contribution in [3.05, 3.63) is 59.1 Å². The monoisotopic (exact) mass is 262 g/mol. The average molecular weight is 263 g/mol. The van der Waals surface area contributed by atoms with Gasteiger partial charge in [0, 0.05) is 11.8 Å². The van der Waals surface area contributed by atoms with Gasteiger partial charge < -0.3 is 4.84 Å². The van der Waals surface area contributed by atoms with Gasteiger partial charge in [0.25, 0.3) is 0 Å². The van der Waals surface area contributed by atoms with E-state index < -0.39 is 0 Å². The van der Waals surface area contributed by atoms with Crippen molar-refractivity contribution in [3.8, 4) is 5.75 Å². The molecule has 0 radical (unpaired) electrons. The first-order valence-electron chi connectivity index (χ1n) is 5.25. The van der Waals surface area contributed by atoms with Crippen LogP contribution in [-0.2, 0) is 0 Å². The molecule has 0 aliphatic carbocycles. The lowest BCUT2D eigenvalue weighted by atomic mass is 10.2. The van der Waals surface area contributed by atoms with Gasteiger partial charge in [-0.3, -0.25) is 10.2 Å². The van der Waals surface area contributed by atoms with Gasteiger partial charge in [-0.15, -0.1) is 0 Å². The Morgan fingerprint density at radius 3 is 2.61 bits per heavy atom. The average Bonchev–Trinajstić information content (AvgIpc) is 2.40. The Morgan fingerprint density at radius 2 is 1.83 bits per heavy atom. The van der Waals surface area contributed by atoms with Crippen LogP contribution in [0.5, 0.6) is 5.75 Å². The predicted octanol–water partition coefficient (Wildman–Crippen LogP) is 3.36. The van der Waals surface area contributed by atoms with Crippen molar-refractivity contribution in [1.29, 1.82) is 0 Å². The van der Waals surface area contributed by atoms with Gasteiger partial charge in [-0.25, -0.2) is 0 Å². The molecule has 2 rings (SSSR count). The fourth-order valence-corrected chi connectivity index (χ4v) is 1.61. The summed E-state index contributed by atoms with van der Waals surface area (Å²) in [6, 6.07) is 14.4. The van der Waals surface area contributed by atoms with E-state index in [1.165, 1.54) is 0 Å². The fraction of sp³-hybridized carbons (Fsp3) is 0. The summed E-state index contributed by atoms with van der Waals surface area (Å²) in [5.41, 5.74) is 3.04. The molecule has 0 saturated carbocycles. The molecule has 0 spiro atoms. The van der Waals surface area contributed by atoms with Crippen LogP contribution in [0.2, 0.25) is 5.02 Å². The molecule has 0 heterocycles. The Kier molecular flexibility index (Phi) is 4.30. The summed E-state index contributed by atoms with van der Waals surface area (Å²) < 4.78 is 0. The van der Waals surface area contributed by atoms with Crippen molar-refractivity contribution in [3.63, 3.8) is 0 Å². The van der Waals surface area contributed by atoms with E-state index in [9.17, 15) is 0 Å². The summed E-state index contributed by atoms with van der Waals surface area (Å²) in [5.74, 6) is 0.468. The quantitative estimate of drug-likeness (QED) is 0.656. The van der Waals surface area contributed by atoms with Gasteiger partial charge in [-0.05, 0) is 29.9 Å². The molecule has 0 aliphatic rings. The maximum Gasteiger partial charge on any atom is 0.158 e. The number of benzene rings is 2. The van der Waals surface area contributed by atoms with Crippen molar-refractivity contribution >= 4 is 23.5 Å². The van der Waals surface area contributed by atoms with E-state index in [1.807, 2.05) is 30.3 Å². The van der Waals surface area contributed by atoms with E-state index in [0.717, 1.165) is 5.56 Å². The first-order chi connectivity index (χ1) is 8.81. The number of hydrogen-bond donors (Lipinski definition) is 2. The second-order valence-corrected chi connectivity index (χ2v) is 3.85. The number of aliphatic imine (C=N–C) groups is 1. The zero-order valence-corrected chi connectivity index (χ0v) is 10.1. The first kappa shape index (κ1) is 12.6.